The third kappa shape index (κ3) is 2.66. The molecule has 1 aromatic carbocycles. The Hall–Kier alpha value is -0.248. The molecule has 1 atom stereocenters. The summed E-state index contributed by atoms with van der Waals surface area (Å²) >= 11 is 1.28. The van der Waals surface area contributed by atoms with Crippen molar-refractivity contribution in [1.82, 2.24) is 0 Å². The van der Waals surface area contributed by atoms with Crippen molar-refractivity contribution in [3.05, 3.63) is 35.4 Å². The molecular weight excluding hydrogens is 159 g/mol. The van der Waals surface area contributed by atoms with Gasteiger partial charge in [0.05, 0.1) is 0 Å². The van der Waals surface area contributed by atoms with Crippen LogP contribution in [0.15, 0.2) is 24.3 Å². The van der Waals surface area contributed by atoms with E-state index in [0.29, 0.717) is 0 Å². The minimum absolute atomic E-state index is 0. The molecule has 66 valence electrons. The first-order valence-corrected chi connectivity index (χ1v) is 5.96. The van der Waals surface area contributed by atoms with Crippen LogP contribution >= 0.6 is 0 Å². The van der Waals surface area contributed by atoms with Crippen LogP contribution in [0.2, 0.25) is 0 Å². The normalized spacial score (nSPS) is 12.8. The molecule has 0 aliphatic rings. The maximum absolute atomic E-state index is 2.28. The summed E-state index contributed by atoms with van der Waals surface area (Å²) in [7, 11) is 0. The van der Waals surface area contributed by atoms with E-state index in [-0.39, 0.29) is 1.43 Å². The Morgan fingerprint density at radius 2 is 1.92 bits per heavy atom. The SMILES string of the molecule is CCC[CH]([AlH2])c1ccc(C)cc1.[HH]. The molecule has 0 aliphatic heterocycles. The first kappa shape index (κ1) is 9.84. The van der Waals surface area contributed by atoms with Gasteiger partial charge in [-0.1, -0.05) is 59.9 Å². The molecule has 0 bridgehead atoms. The number of benzene rings is 1. The summed E-state index contributed by atoms with van der Waals surface area (Å²) in [5.41, 5.74) is 2.90. The van der Waals surface area contributed by atoms with Gasteiger partial charge in [0.1, 0.15) is 0 Å². The molecular formula is C11H19Al. The summed E-state index contributed by atoms with van der Waals surface area (Å²) in [5.74, 6) is 0. The summed E-state index contributed by atoms with van der Waals surface area (Å²) in [6.07, 6.45) is 2.66. The van der Waals surface area contributed by atoms with Gasteiger partial charge in [0.2, 0.25) is 16.3 Å². The van der Waals surface area contributed by atoms with Crippen LogP contribution in [0.5, 0.6) is 0 Å². The number of hydrogen-bond donors (Lipinski definition) is 0. The van der Waals surface area contributed by atoms with E-state index in [1.807, 2.05) is 0 Å². The van der Waals surface area contributed by atoms with Crippen molar-refractivity contribution in [1.29, 1.82) is 0 Å². The van der Waals surface area contributed by atoms with E-state index in [9.17, 15) is 0 Å². The summed E-state index contributed by atoms with van der Waals surface area (Å²) in [6.45, 7) is 4.41. The Kier molecular flexibility index (Phi) is 3.85. The highest BCUT2D eigenvalue weighted by molar-refractivity contribution is 6.12. The van der Waals surface area contributed by atoms with Gasteiger partial charge in [0.25, 0.3) is 0 Å². The van der Waals surface area contributed by atoms with Gasteiger partial charge in [-0.25, -0.2) is 0 Å². The number of rotatable bonds is 3. The largest absolute Gasteiger partial charge is 0.223 e. The molecule has 0 saturated heterocycles. The highest BCUT2D eigenvalue weighted by Gasteiger charge is 2.02. The molecule has 0 fully saturated rings. The topological polar surface area (TPSA) is 0 Å². The molecule has 0 nitrogen and oxygen atoms in total. The van der Waals surface area contributed by atoms with Crippen molar-refractivity contribution in [3.8, 4) is 0 Å². The second kappa shape index (κ2) is 4.70. The first-order chi connectivity index (χ1) is 5.74. The van der Waals surface area contributed by atoms with Gasteiger partial charge in [0.15, 0.2) is 0 Å². The van der Waals surface area contributed by atoms with Crippen LogP contribution in [0.3, 0.4) is 0 Å². The van der Waals surface area contributed by atoms with Crippen molar-refractivity contribution < 1.29 is 1.43 Å². The Balaban J connectivity index is 0.00000144. The molecule has 1 rings (SSSR count). The average molecular weight is 178 g/mol. The van der Waals surface area contributed by atoms with Crippen LogP contribution in [-0.2, 0) is 0 Å². The van der Waals surface area contributed by atoms with E-state index in [1.165, 1.54) is 40.3 Å². The minimum Gasteiger partial charge on any atom is -0.0670 e. The molecule has 0 aromatic heterocycles. The zero-order valence-electron chi connectivity index (χ0n) is 8.30. The lowest BCUT2D eigenvalue weighted by atomic mass is 10.1. The number of aryl methyl sites for hydroxylation is 1. The Morgan fingerprint density at radius 3 is 2.42 bits per heavy atom. The van der Waals surface area contributed by atoms with Gasteiger partial charge in [0, 0.05) is 1.43 Å². The van der Waals surface area contributed by atoms with Crippen LogP contribution in [0.1, 0.15) is 37.1 Å². The molecule has 0 heterocycles. The maximum atomic E-state index is 2.28. The van der Waals surface area contributed by atoms with Crippen LogP contribution in [0.25, 0.3) is 0 Å². The lowest BCUT2D eigenvalue weighted by Gasteiger charge is -2.10. The summed E-state index contributed by atoms with van der Waals surface area (Å²) in [4.78, 5) is 0. The van der Waals surface area contributed by atoms with Gasteiger partial charge < -0.3 is 0 Å². The molecule has 1 unspecified atom stereocenters. The quantitative estimate of drug-likeness (QED) is 0.624. The van der Waals surface area contributed by atoms with Gasteiger partial charge in [-0.2, -0.15) is 0 Å². The first-order valence-electron chi connectivity index (χ1n) is 4.80. The molecule has 0 N–H and O–H groups in total. The summed E-state index contributed by atoms with van der Waals surface area (Å²) in [6, 6.07) is 9.00. The van der Waals surface area contributed by atoms with Crippen molar-refractivity contribution >= 4 is 16.3 Å². The van der Waals surface area contributed by atoms with Gasteiger partial charge >= 0.3 is 0 Å². The number of hydrogen-bond acceptors (Lipinski definition) is 0. The molecule has 0 saturated carbocycles. The van der Waals surface area contributed by atoms with Crippen LogP contribution in [0, 0.1) is 6.92 Å². The van der Waals surface area contributed by atoms with Crippen molar-refractivity contribution in [2.45, 2.75) is 31.5 Å². The van der Waals surface area contributed by atoms with E-state index < -0.39 is 0 Å². The molecule has 0 spiro atoms. The second-order valence-corrected chi connectivity index (χ2v) is 4.99. The third-order valence-electron chi connectivity index (χ3n) is 2.37. The summed E-state index contributed by atoms with van der Waals surface area (Å²) < 4.78 is 0.857. The minimum atomic E-state index is 0. The average Bonchev–Trinajstić information content (AvgIpc) is 2.06. The van der Waals surface area contributed by atoms with E-state index in [4.69, 9.17) is 0 Å². The highest BCUT2D eigenvalue weighted by atomic mass is 27.0. The second-order valence-electron chi connectivity index (χ2n) is 3.60. The molecule has 1 heteroatoms. The van der Waals surface area contributed by atoms with Crippen LogP contribution in [0.4, 0.5) is 0 Å². The third-order valence-corrected chi connectivity index (χ3v) is 3.61. The monoisotopic (exact) mass is 178 g/mol. The van der Waals surface area contributed by atoms with E-state index in [0.717, 1.165) is 4.78 Å². The standard InChI is InChI=1S/C11H15.Al.H2.2H/c1-3-4-5-11-8-6-10(2)7-9-11;;;;/h5-9H,3-4H2,1-2H3;;1H;;. The van der Waals surface area contributed by atoms with Crippen LogP contribution < -0.4 is 0 Å². The zero-order chi connectivity index (χ0) is 8.97. The zero-order valence-corrected chi connectivity index (χ0v) is 10.3. The van der Waals surface area contributed by atoms with Crippen molar-refractivity contribution in [2.75, 3.05) is 0 Å². The summed E-state index contributed by atoms with van der Waals surface area (Å²) in [5, 5.41) is 0. The Bertz CT molecular complexity index is 230. The molecule has 0 radical (unpaired) electrons. The smallest absolute Gasteiger partial charge is 0.0670 e. The van der Waals surface area contributed by atoms with Gasteiger partial charge in [-0.05, 0) is 6.92 Å². The predicted octanol–water partition coefficient (Wildman–Crippen LogP) is 2.72. The highest BCUT2D eigenvalue weighted by Crippen LogP contribution is 2.17. The van der Waals surface area contributed by atoms with Gasteiger partial charge in [-0.15, -0.1) is 0 Å². The lowest BCUT2D eigenvalue weighted by Crippen LogP contribution is -1.96. The van der Waals surface area contributed by atoms with E-state index in [2.05, 4.69) is 38.1 Å². The molecule has 0 amide bonds. The fraction of sp³-hybridized carbons (Fsp3) is 0.455. The lowest BCUT2D eigenvalue weighted by molar-refractivity contribution is 0.769. The van der Waals surface area contributed by atoms with Crippen molar-refractivity contribution in [3.63, 3.8) is 0 Å². The van der Waals surface area contributed by atoms with E-state index in [1.54, 1.807) is 0 Å². The molecule has 1 aromatic rings. The maximum Gasteiger partial charge on any atom is 0.223 e. The fourth-order valence-corrected chi connectivity index (χ4v) is 2.46. The fourth-order valence-electron chi connectivity index (χ4n) is 1.49. The van der Waals surface area contributed by atoms with Gasteiger partial charge in [-0.3, -0.25) is 0 Å². The molecule has 12 heavy (non-hydrogen) atoms. The van der Waals surface area contributed by atoms with Crippen LogP contribution in [-0.4, -0.2) is 16.3 Å². The predicted molar refractivity (Wildman–Crippen MR) is 59.5 cm³/mol. The Morgan fingerprint density at radius 1 is 1.33 bits per heavy atom. The van der Waals surface area contributed by atoms with Crippen molar-refractivity contribution in [2.24, 2.45) is 0 Å². The molecule has 0 aliphatic carbocycles. The Labute approximate surface area is 84.9 Å². The van der Waals surface area contributed by atoms with E-state index >= 15 is 0 Å².